The van der Waals surface area contributed by atoms with Gasteiger partial charge in [0.05, 0.1) is 6.10 Å². The van der Waals surface area contributed by atoms with Crippen LogP contribution in [-0.4, -0.2) is 18.4 Å². The van der Waals surface area contributed by atoms with E-state index in [9.17, 15) is 0 Å². The SMILES string of the molecule is C[C@H]1CC[C@]2(NC1)O[C@H]1C[C@H]3[C@@H]4CCC5CCCC[C@]5(C)[C@H]4CC[C@]3(C)[C@H]1[C@@H]2C. The van der Waals surface area contributed by atoms with E-state index in [4.69, 9.17) is 4.74 Å². The fraction of sp³-hybridized carbons (Fsp3) is 1.00. The van der Waals surface area contributed by atoms with Crippen molar-refractivity contribution >= 4 is 0 Å². The van der Waals surface area contributed by atoms with Crippen molar-refractivity contribution in [3.05, 3.63) is 0 Å². The van der Waals surface area contributed by atoms with Crippen LogP contribution in [0.2, 0.25) is 0 Å². The Hall–Kier alpha value is -0.0800. The van der Waals surface area contributed by atoms with Gasteiger partial charge in [-0.15, -0.1) is 0 Å². The summed E-state index contributed by atoms with van der Waals surface area (Å²) in [5.74, 6) is 6.23. The van der Waals surface area contributed by atoms with E-state index < -0.39 is 0 Å². The summed E-state index contributed by atoms with van der Waals surface area (Å²) >= 11 is 0. The first-order valence-corrected chi connectivity index (χ1v) is 13.3. The lowest BCUT2D eigenvalue weighted by molar-refractivity contribution is -0.132. The zero-order valence-corrected chi connectivity index (χ0v) is 19.5. The topological polar surface area (TPSA) is 21.3 Å². The Morgan fingerprint density at radius 1 is 0.828 bits per heavy atom. The first-order chi connectivity index (χ1) is 13.9. The van der Waals surface area contributed by atoms with Crippen LogP contribution < -0.4 is 5.32 Å². The van der Waals surface area contributed by atoms with Gasteiger partial charge in [0.1, 0.15) is 5.72 Å². The standard InChI is InChI=1S/C27H45NO/c1-17-10-14-27(28-16-17)18(2)24-23(29-27)15-22-20-9-8-19-7-5-6-12-25(19,3)21(20)11-13-26(22,24)4/h17-24,28H,5-16H2,1-4H3/t17-,18-,19?,20+,21-,22-,23-,24-,25-,26-,27-/m0/s1. The molecule has 11 atom stereocenters. The van der Waals surface area contributed by atoms with Crippen LogP contribution in [0.3, 0.4) is 0 Å². The van der Waals surface area contributed by atoms with Crippen LogP contribution >= 0.6 is 0 Å². The van der Waals surface area contributed by atoms with Crippen LogP contribution in [0.25, 0.3) is 0 Å². The highest BCUT2D eigenvalue weighted by Gasteiger charge is 2.68. The van der Waals surface area contributed by atoms with Crippen LogP contribution in [0.1, 0.15) is 98.3 Å². The summed E-state index contributed by atoms with van der Waals surface area (Å²) in [5.41, 5.74) is 1.19. The van der Waals surface area contributed by atoms with Crippen molar-refractivity contribution in [2.24, 2.45) is 52.3 Å². The summed E-state index contributed by atoms with van der Waals surface area (Å²) < 4.78 is 7.03. The molecule has 0 aromatic heterocycles. The second-order valence-corrected chi connectivity index (χ2v) is 13.1. The smallest absolute Gasteiger partial charge is 0.122 e. The van der Waals surface area contributed by atoms with Gasteiger partial charge in [-0.25, -0.2) is 0 Å². The van der Waals surface area contributed by atoms with E-state index in [2.05, 4.69) is 33.0 Å². The van der Waals surface area contributed by atoms with Crippen molar-refractivity contribution in [1.82, 2.24) is 5.32 Å². The van der Waals surface area contributed by atoms with Crippen LogP contribution in [0.5, 0.6) is 0 Å². The average Bonchev–Trinajstić information content (AvgIpc) is 3.15. The van der Waals surface area contributed by atoms with E-state index in [0.717, 1.165) is 42.1 Å². The van der Waals surface area contributed by atoms with Gasteiger partial charge in [-0.2, -0.15) is 0 Å². The summed E-state index contributed by atoms with van der Waals surface area (Å²) in [5, 5.41) is 3.91. The highest BCUT2D eigenvalue weighted by Crippen LogP contribution is 2.71. The number of ether oxygens (including phenoxy) is 1. The molecule has 2 nitrogen and oxygen atoms in total. The highest BCUT2D eigenvalue weighted by molar-refractivity contribution is 5.16. The maximum atomic E-state index is 7.03. The Morgan fingerprint density at radius 3 is 2.48 bits per heavy atom. The molecular formula is C27H45NO. The molecule has 2 heteroatoms. The zero-order valence-electron chi connectivity index (χ0n) is 19.5. The summed E-state index contributed by atoms with van der Waals surface area (Å²) in [6, 6.07) is 0. The van der Waals surface area contributed by atoms with Crippen LogP contribution in [0.15, 0.2) is 0 Å². The largest absolute Gasteiger partial charge is 0.357 e. The fourth-order valence-electron chi connectivity index (χ4n) is 10.5. The normalized spacial score (nSPS) is 61.7. The van der Waals surface area contributed by atoms with E-state index in [1.165, 1.54) is 70.6 Å². The maximum absolute atomic E-state index is 7.03. The first kappa shape index (κ1) is 19.6. The molecule has 4 saturated carbocycles. The van der Waals surface area contributed by atoms with Gasteiger partial charge in [0, 0.05) is 12.5 Å². The number of nitrogens with one attached hydrogen (secondary N) is 1. The van der Waals surface area contributed by atoms with Crippen molar-refractivity contribution in [3.8, 4) is 0 Å². The van der Waals surface area contributed by atoms with Gasteiger partial charge in [0.15, 0.2) is 0 Å². The molecule has 0 aromatic rings. The van der Waals surface area contributed by atoms with Gasteiger partial charge in [-0.1, -0.05) is 40.5 Å². The molecule has 0 amide bonds. The summed E-state index contributed by atoms with van der Waals surface area (Å²) in [6.45, 7) is 11.5. The van der Waals surface area contributed by atoms with E-state index in [1.807, 2.05) is 0 Å². The minimum Gasteiger partial charge on any atom is -0.357 e. The lowest BCUT2D eigenvalue weighted by Crippen LogP contribution is -2.57. The molecule has 0 aromatic carbocycles. The molecule has 6 aliphatic rings. The Bertz CT molecular complexity index is 653. The lowest BCUT2D eigenvalue weighted by Gasteiger charge is -2.61. The molecule has 6 rings (SSSR count). The van der Waals surface area contributed by atoms with E-state index in [-0.39, 0.29) is 5.72 Å². The van der Waals surface area contributed by atoms with E-state index in [0.29, 0.717) is 22.9 Å². The van der Waals surface area contributed by atoms with E-state index >= 15 is 0 Å². The van der Waals surface area contributed by atoms with Gasteiger partial charge in [0.2, 0.25) is 0 Å². The number of fused-ring (bicyclic) bond motifs is 7. The third kappa shape index (κ3) is 2.54. The maximum Gasteiger partial charge on any atom is 0.122 e. The molecule has 1 spiro atoms. The summed E-state index contributed by atoms with van der Waals surface area (Å²) in [4.78, 5) is 0. The Labute approximate surface area is 179 Å². The third-order valence-electron chi connectivity index (χ3n) is 12.1. The molecular weight excluding hydrogens is 354 g/mol. The molecule has 2 aliphatic heterocycles. The Kier molecular flexibility index (Phi) is 4.37. The van der Waals surface area contributed by atoms with Crippen molar-refractivity contribution in [2.75, 3.05) is 6.54 Å². The summed E-state index contributed by atoms with van der Waals surface area (Å²) in [7, 11) is 0. The van der Waals surface area contributed by atoms with Gasteiger partial charge in [-0.05, 0) is 104 Å². The van der Waals surface area contributed by atoms with Gasteiger partial charge in [0.25, 0.3) is 0 Å². The number of hydrogen-bond donors (Lipinski definition) is 1. The van der Waals surface area contributed by atoms with Gasteiger partial charge >= 0.3 is 0 Å². The van der Waals surface area contributed by atoms with Crippen molar-refractivity contribution in [2.45, 2.75) is 110 Å². The van der Waals surface area contributed by atoms with Gasteiger partial charge in [-0.3, -0.25) is 5.32 Å². The van der Waals surface area contributed by atoms with Gasteiger partial charge < -0.3 is 4.74 Å². The van der Waals surface area contributed by atoms with Crippen molar-refractivity contribution in [3.63, 3.8) is 0 Å². The molecule has 6 fully saturated rings. The predicted octanol–water partition coefficient (Wildman–Crippen LogP) is 6.40. The molecule has 0 radical (unpaired) electrons. The molecule has 2 saturated heterocycles. The fourth-order valence-corrected chi connectivity index (χ4v) is 10.5. The lowest BCUT2D eigenvalue weighted by atomic mass is 9.44. The van der Waals surface area contributed by atoms with Crippen LogP contribution in [-0.2, 0) is 4.74 Å². The Morgan fingerprint density at radius 2 is 1.69 bits per heavy atom. The van der Waals surface area contributed by atoms with E-state index in [1.54, 1.807) is 0 Å². The number of hydrogen-bond acceptors (Lipinski definition) is 2. The summed E-state index contributed by atoms with van der Waals surface area (Å²) in [6.07, 6.45) is 16.5. The molecule has 164 valence electrons. The highest BCUT2D eigenvalue weighted by atomic mass is 16.5. The number of piperidine rings is 1. The first-order valence-electron chi connectivity index (χ1n) is 13.3. The monoisotopic (exact) mass is 399 g/mol. The molecule has 29 heavy (non-hydrogen) atoms. The van der Waals surface area contributed by atoms with Crippen LogP contribution in [0, 0.1) is 52.3 Å². The van der Waals surface area contributed by atoms with Crippen molar-refractivity contribution in [1.29, 1.82) is 0 Å². The third-order valence-corrected chi connectivity index (χ3v) is 12.1. The molecule has 1 unspecified atom stereocenters. The van der Waals surface area contributed by atoms with Crippen molar-refractivity contribution < 1.29 is 4.74 Å². The quantitative estimate of drug-likeness (QED) is 0.509. The predicted molar refractivity (Wildman–Crippen MR) is 118 cm³/mol. The molecule has 0 bridgehead atoms. The number of rotatable bonds is 0. The van der Waals surface area contributed by atoms with Crippen LogP contribution in [0.4, 0.5) is 0 Å². The Balaban J connectivity index is 1.27. The minimum absolute atomic E-state index is 0.000316. The second-order valence-electron chi connectivity index (χ2n) is 13.1. The molecule has 4 aliphatic carbocycles. The molecule has 1 N–H and O–H groups in total. The second kappa shape index (κ2) is 6.47. The zero-order chi connectivity index (χ0) is 20.0. The minimum atomic E-state index is -0.000316. The molecule has 2 heterocycles. The average molecular weight is 400 g/mol.